The van der Waals surface area contributed by atoms with Crippen molar-refractivity contribution >= 4 is 17.3 Å². The van der Waals surface area contributed by atoms with Gasteiger partial charge in [-0.15, -0.1) is 0 Å². The lowest BCUT2D eigenvalue weighted by atomic mass is 9.90. The van der Waals surface area contributed by atoms with Crippen molar-refractivity contribution in [2.45, 2.75) is 19.3 Å². The van der Waals surface area contributed by atoms with Gasteiger partial charge in [0.15, 0.2) is 0 Å². The van der Waals surface area contributed by atoms with Gasteiger partial charge >= 0.3 is 0 Å². The van der Waals surface area contributed by atoms with Crippen molar-refractivity contribution < 1.29 is 9.18 Å². The Labute approximate surface area is 170 Å². The monoisotopic (exact) mass is 389 g/mol. The molecule has 0 saturated carbocycles. The van der Waals surface area contributed by atoms with E-state index in [9.17, 15) is 9.18 Å². The fourth-order valence-corrected chi connectivity index (χ4v) is 3.77. The molecule has 1 fully saturated rings. The summed E-state index contributed by atoms with van der Waals surface area (Å²) in [6, 6.07) is 20.2. The maximum atomic E-state index is 13.1. The third-order valence-electron chi connectivity index (χ3n) is 5.38. The van der Waals surface area contributed by atoms with Crippen LogP contribution in [0.5, 0.6) is 0 Å². The number of aromatic nitrogens is 1. The minimum absolute atomic E-state index is 0.0362. The molecule has 0 atom stereocenters. The van der Waals surface area contributed by atoms with Crippen LogP contribution in [0.1, 0.15) is 28.9 Å². The second-order valence-electron chi connectivity index (χ2n) is 7.49. The average Bonchev–Trinajstić information content (AvgIpc) is 2.76. The second kappa shape index (κ2) is 8.86. The van der Waals surface area contributed by atoms with Crippen LogP contribution >= 0.6 is 0 Å². The number of hydrogen-bond acceptors (Lipinski definition) is 3. The Balaban J connectivity index is 1.35. The van der Waals surface area contributed by atoms with Crippen LogP contribution in [0, 0.1) is 11.7 Å². The van der Waals surface area contributed by atoms with Gasteiger partial charge in [-0.05, 0) is 67.1 Å². The summed E-state index contributed by atoms with van der Waals surface area (Å²) in [6.07, 6.45) is 4.71. The van der Waals surface area contributed by atoms with E-state index in [-0.39, 0.29) is 11.7 Å². The van der Waals surface area contributed by atoms with Crippen molar-refractivity contribution in [1.82, 2.24) is 9.88 Å². The molecular formula is C24H24FN3O. The summed E-state index contributed by atoms with van der Waals surface area (Å²) in [4.78, 5) is 19.1. The van der Waals surface area contributed by atoms with Crippen LogP contribution in [0.3, 0.4) is 0 Å². The zero-order chi connectivity index (χ0) is 20.1. The van der Waals surface area contributed by atoms with Gasteiger partial charge in [0.2, 0.25) is 0 Å². The molecule has 1 aromatic heterocycles. The summed E-state index contributed by atoms with van der Waals surface area (Å²) in [5, 5.41) is 3.19. The molecule has 2 heterocycles. The lowest BCUT2D eigenvalue weighted by Gasteiger charge is -2.32. The molecule has 0 aliphatic carbocycles. The molecule has 2 aromatic carbocycles. The number of nitrogens with one attached hydrogen (secondary N) is 1. The van der Waals surface area contributed by atoms with Crippen LogP contribution < -0.4 is 5.32 Å². The molecule has 29 heavy (non-hydrogen) atoms. The van der Waals surface area contributed by atoms with Gasteiger partial charge in [0.25, 0.3) is 5.91 Å². The van der Waals surface area contributed by atoms with Crippen LogP contribution in [0.25, 0.3) is 0 Å². The Bertz CT molecular complexity index is 951. The van der Waals surface area contributed by atoms with Gasteiger partial charge in [-0.25, -0.2) is 4.39 Å². The summed E-state index contributed by atoms with van der Waals surface area (Å²) in [7, 11) is 0. The first-order chi connectivity index (χ1) is 14.2. The van der Waals surface area contributed by atoms with Crippen LogP contribution in [0.15, 0.2) is 72.9 Å². The standard InChI is InChI=1S/C24H24FN3O/c25-20-6-8-21(9-7-20)27-22-10-13-26-23(17-22)24(29)28-14-11-19(12-15-28)16-18-4-2-1-3-5-18/h1-10,13,17,19H,11-12,14-16H2,(H,26,27). The van der Waals surface area contributed by atoms with E-state index < -0.39 is 0 Å². The van der Waals surface area contributed by atoms with Crippen LogP contribution in [-0.2, 0) is 6.42 Å². The quantitative estimate of drug-likeness (QED) is 0.663. The van der Waals surface area contributed by atoms with Gasteiger partial charge in [-0.3, -0.25) is 9.78 Å². The highest BCUT2D eigenvalue weighted by Gasteiger charge is 2.24. The highest BCUT2D eigenvalue weighted by Crippen LogP contribution is 2.23. The molecule has 4 nitrogen and oxygen atoms in total. The molecule has 0 radical (unpaired) electrons. The number of carbonyl (C=O) groups is 1. The van der Waals surface area contributed by atoms with E-state index in [2.05, 4.69) is 34.6 Å². The van der Waals surface area contributed by atoms with Gasteiger partial charge in [0.05, 0.1) is 0 Å². The lowest BCUT2D eigenvalue weighted by Crippen LogP contribution is -2.39. The number of anilines is 2. The normalized spacial score (nSPS) is 14.6. The van der Waals surface area contributed by atoms with Crippen molar-refractivity contribution in [3.05, 3.63) is 90.0 Å². The van der Waals surface area contributed by atoms with Crippen molar-refractivity contribution in [3.8, 4) is 0 Å². The minimum Gasteiger partial charge on any atom is -0.355 e. The largest absolute Gasteiger partial charge is 0.355 e. The molecule has 0 unspecified atom stereocenters. The summed E-state index contributed by atoms with van der Waals surface area (Å²) < 4.78 is 13.1. The Morgan fingerprint density at radius 2 is 1.72 bits per heavy atom. The number of likely N-dealkylation sites (tertiary alicyclic amines) is 1. The van der Waals surface area contributed by atoms with E-state index in [1.54, 1.807) is 30.5 Å². The number of halogens is 1. The Morgan fingerprint density at radius 1 is 1.00 bits per heavy atom. The number of amides is 1. The lowest BCUT2D eigenvalue weighted by molar-refractivity contribution is 0.0684. The highest BCUT2D eigenvalue weighted by molar-refractivity contribution is 5.93. The first kappa shape index (κ1) is 19.1. The molecule has 4 rings (SSSR count). The van der Waals surface area contributed by atoms with E-state index in [0.29, 0.717) is 11.6 Å². The van der Waals surface area contributed by atoms with E-state index in [4.69, 9.17) is 0 Å². The molecule has 0 bridgehead atoms. The molecule has 1 aliphatic rings. The Hall–Kier alpha value is -3.21. The minimum atomic E-state index is -0.281. The maximum Gasteiger partial charge on any atom is 0.272 e. The van der Waals surface area contributed by atoms with Gasteiger partial charge < -0.3 is 10.2 Å². The number of carbonyl (C=O) groups excluding carboxylic acids is 1. The molecule has 1 N–H and O–H groups in total. The second-order valence-corrected chi connectivity index (χ2v) is 7.49. The maximum absolute atomic E-state index is 13.1. The molecule has 1 saturated heterocycles. The number of piperidine rings is 1. The van der Waals surface area contributed by atoms with Gasteiger partial charge in [0, 0.05) is 30.7 Å². The topological polar surface area (TPSA) is 45.2 Å². The fourth-order valence-electron chi connectivity index (χ4n) is 3.77. The van der Waals surface area contributed by atoms with Crippen molar-refractivity contribution in [3.63, 3.8) is 0 Å². The Morgan fingerprint density at radius 3 is 2.45 bits per heavy atom. The van der Waals surface area contributed by atoms with Gasteiger partial charge in [0.1, 0.15) is 11.5 Å². The smallest absolute Gasteiger partial charge is 0.272 e. The number of nitrogens with zero attached hydrogens (tertiary/aromatic N) is 2. The van der Waals surface area contributed by atoms with Gasteiger partial charge in [-0.2, -0.15) is 0 Å². The van der Waals surface area contributed by atoms with E-state index in [1.807, 2.05) is 11.0 Å². The fraction of sp³-hybridized carbons (Fsp3) is 0.250. The molecule has 5 heteroatoms. The third kappa shape index (κ3) is 4.99. The highest BCUT2D eigenvalue weighted by atomic mass is 19.1. The van der Waals surface area contributed by atoms with E-state index >= 15 is 0 Å². The predicted octanol–water partition coefficient (Wildman–Crippen LogP) is 5.06. The third-order valence-corrected chi connectivity index (χ3v) is 5.38. The number of hydrogen-bond donors (Lipinski definition) is 1. The van der Waals surface area contributed by atoms with Gasteiger partial charge in [-0.1, -0.05) is 30.3 Å². The summed E-state index contributed by atoms with van der Waals surface area (Å²) in [6.45, 7) is 1.52. The zero-order valence-electron chi connectivity index (χ0n) is 16.2. The number of pyridine rings is 1. The van der Waals surface area contributed by atoms with Crippen LogP contribution in [0.4, 0.5) is 15.8 Å². The number of benzene rings is 2. The summed E-state index contributed by atoms with van der Waals surface area (Å²) >= 11 is 0. The molecule has 148 valence electrons. The van der Waals surface area contributed by atoms with Crippen molar-refractivity contribution in [2.75, 3.05) is 18.4 Å². The van der Waals surface area contributed by atoms with E-state index in [1.165, 1.54) is 17.7 Å². The number of rotatable bonds is 5. The SMILES string of the molecule is O=C(c1cc(Nc2ccc(F)cc2)ccn1)N1CCC(Cc2ccccc2)CC1. The summed E-state index contributed by atoms with van der Waals surface area (Å²) in [5.41, 5.74) is 3.31. The van der Waals surface area contributed by atoms with E-state index in [0.717, 1.165) is 43.7 Å². The van der Waals surface area contributed by atoms with Crippen molar-refractivity contribution in [2.24, 2.45) is 5.92 Å². The van der Waals surface area contributed by atoms with Crippen LogP contribution in [-0.4, -0.2) is 28.9 Å². The predicted molar refractivity (Wildman–Crippen MR) is 113 cm³/mol. The molecular weight excluding hydrogens is 365 g/mol. The molecule has 1 amide bonds. The van der Waals surface area contributed by atoms with Crippen molar-refractivity contribution in [1.29, 1.82) is 0 Å². The zero-order valence-corrected chi connectivity index (χ0v) is 16.2. The molecule has 1 aliphatic heterocycles. The first-order valence-electron chi connectivity index (χ1n) is 9.99. The Kier molecular flexibility index (Phi) is 5.84. The average molecular weight is 389 g/mol. The van der Waals surface area contributed by atoms with Crippen LogP contribution in [0.2, 0.25) is 0 Å². The summed E-state index contributed by atoms with van der Waals surface area (Å²) in [5.74, 6) is 0.295. The first-order valence-corrected chi connectivity index (χ1v) is 9.99. The molecule has 0 spiro atoms. The molecule has 3 aromatic rings.